The van der Waals surface area contributed by atoms with E-state index >= 15 is 0 Å². The average molecular weight is 300 g/mol. The van der Waals surface area contributed by atoms with Crippen molar-refractivity contribution in [2.24, 2.45) is 5.92 Å². The molecule has 20 heavy (non-hydrogen) atoms. The van der Waals surface area contributed by atoms with Crippen molar-refractivity contribution >= 4 is 11.6 Å². The Hall–Kier alpha value is -0.770. The van der Waals surface area contributed by atoms with Gasteiger partial charge >= 0.3 is 0 Å². The fourth-order valence-electron chi connectivity index (χ4n) is 1.76. The lowest BCUT2D eigenvalue weighted by atomic mass is 10.2. The minimum Gasteiger partial charge on any atom is -0.491 e. The Labute approximate surface area is 127 Å². The number of ether oxygens (including phenoxy) is 2. The Balaban J connectivity index is 2.51. The molecule has 0 bridgehead atoms. The zero-order valence-corrected chi connectivity index (χ0v) is 13.7. The molecule has 0 fully saturated rings. The maximum atomic E-state index is 6.05. The van der Waals surface area contributed by atoms with Crippen LogP contribution in [-0.2, 0) is 11.3 Å². The molecular formula is C16H26ClNO2. The van der Waals surface area contributed by atoms with Crippen LogP contribution in [0.5, 0.6) is 5.75 Å². The second-order valence-electron chi connectivity index (χ2n) is 5.54. The van der Waals surface area contributed by atoms with Gasteiger partial charge in [0.1, 0.15) is 12.4 Å². The molecule has 0 radical (unpaired) electrons. The van der Waals surface area contributed by atoms with Gasteiger partial charge in [0.15, 0.2) is 0 Å². The lowest BCUT2D eigenvalue weighted by molar-refractivity contribution is 0.0550. The van der Waals surface area contributed by atoms with E-state index in [0.29, 0.717) is 19.1 Å². The van der Waals surface area contributed by atoms with E-state index in [4.69, 9.17) is 21.1 Å². The van der Waals surface area contributed by atoms with Gasteiger partial charge < -0.3 is 14.8 Å². The van der Waals surface area contributed by atoms with Crippen LogP contribution in [0.25, 0.3) is 0 Å². The highest BCUT2D eigenvalue weighted by Crippen LogP contribution is 2.23. The van der Waals surface area contributed by atoms with Crippen LogP contribution >= 0.6 is 11.6 Å². The summed E-state index contributed by atoms with van der Waals surface area (Å²) >= 11 is 6.05. The molecule has 1 aromatic rings. The Morgan fingerprint density at radius 2 is 1.90 bits per heavy atom. The van der Waals surface area contributed by atoms with Gasteiger partial charge in [-0.25, -0.2) is 0 Å². The van der Waals surface area contributed by atoms with Crippen molar-refractivity contribution in [3.05, 3.63) is 28.8 Å². The maximum Gasteiger partial charge on any atom is 0.124 e. The van der Waals surface area contributed by atoms with Crippen LogP contribution in [0.4, 0.5) is 0 Å². The van der Waals surface area contributed by atoms with E-state index in [1.165, 1.54) is 0 Å². The average Bonchev–Trinajstić information content (AvgIpc) is 2.36. The highest BCUT2D eigenvalue weighted by molar-refractivity contribution is 6.30. The minimum atomic E-state index is 0.232. The van der Waals surface area contributed by atoms with Crippen molar-refractivity contribution < 1.29 is 9.47 Å². The molecule has 0 spiro atoms. The van der Waals surface area contributed by atoms with Crippen LogP contribution in [0.15, 0.2) is 18.2 Å². The molecule has 4 heteroatoms. The van der Waals surface area contributed by atoms with E-state index in [0.717, 1.165) is 29.4 Å². The van der Waals surface area contributed by atoms with Crippen LogP contribution in [0.2, 0.25) is 5.02 Å². The summed E-state index contributed by atoms with van der Waals surface area (Å²) in [6.45, 7) is 11.3. The summed E-state index contributed by atoms with van der Waals surface area (Å²) in [6.07, 6.45) is 0.232. The fraction of sp³-hybridized carbons (Fsp3) is 0.625. The molecule has 0 heterocycles. The van der Waals surface area contributed by atoms with Gasteiger partial charge in [-0.3, -0.25) is 0 Å². The van der Waals surface area contributed by atoms with E-state index in [1.54, 1.807) is 0 Å². The predicted molar refractivity (Wildman–Crippen MR) is 84.6 cm³/mol. The van der Waals surface area contributed by atoms with E-state index < -0.39 is 0 Å². The summed E-state index contributed by atoms with van der Waals surface area (Å²) in [6, 6.07) is 5.73. The summed E-state index contributed by atoms with van der Waals surface area (Å²) in [5, 5.41) is 4.14. The Bertz CT molecular complexity index is 394. The molecule has 0 aliphatic rings. The molecule has 0 amide bonds. The summed E-state index contributed by atoms with van der Waals surface area (Å²) in [5.41, 5.74) is 1.09. The van der Waals surface area contributed by atoms with Crippen molar-refractivity contribution in [2.45, 2.75) is 40.3 Å². The molecule has 0 aliphatic heterocycles. The first kappa shape index (κ1) is 17.3. The van der Waals surface area contributed by atoms with Gasteiger partial charge in [-0.05, 0) is 44.5 Å². The fourth-order valence-corrected chi connectivity index (χ4v) is 1.95. The molecule has 114 valence electrons. The molecule has 0 unspecified atom stereocenters. The normalized spacial score (nSPS) is 11.3. The van der Waals surface area contributed by atoms with Gasteiger partial charge in [-0.15, -0.1) is 0 Å². The second kappa shape index (κ2) is 9.22. The molecule has 0 saturated heterocycles. The Morgan fingerprint density at radius 1 is 1.15 bits per heavy atom. The van der Waals surface area contributed by atoms with Gasteiger partial charge in [-0.2, -0.15) is 0 Å². The monoisotopic (exact) mass is 299 g/mol. The maximum absolute atomic E-state index is 6.05. The molecule has 1 aromatic carbocycles. The summed E-state index contributed by atoms with van der Waals surface area (Å²) in [5.74, 6) is 1.50. The molecule has 0 saturated carbocycles. The summed E-state index contributed by atoms with van der Waals surface area (Å²) in [4.78, 5) is 0. The Kier molecular flexibility index (Phi) is 7.97. The standard InChI is InChI=1S/C16H26ClNO2/c1-12(2)10-18-11-14-9-15(17)5-6-16(14)20-8-7-19-13(3)4/h5-6,9,12-13,18H,7-8,10-11H2,1-4H3. The third kappa shape index (κ3) is 7.13. The molecule has 1 rings (SSSR count). The zero-order chi connectivity index (χ0) is 15.0. The van der Waals surface area contributed by atoms with Crippen molar-refractivity contribution in [1.29, 1.82) is 0 Å². The van der Waals surface area contributed by atoms with Gasteiger partial charge in [0.05, 0.1) is 12.7 Å². The molecule has 0 aliphatic carbocycles. The number of hydrogen-bond donors (Lipinski definition) is 1. The van der Waals surface area contributed by atoms with Crippen LogP contribution in [0.3, 0.4) is 0 Å². The van der Waals surface area contributed by atoms with Gasteiger partial charge in [-0.1, -0.05) is 25.4 Å². The molecule has 0 aromatic heterocycles. The second-order valence-corrected chi connectivity index (χ2v) is 5.98. The van der Waals surface area contributed by atoms with Crippen molar-refractivity contribution in [3.63, 3.8) is 0 Å². The third-order valence-electron chi connectivity index (χ3n) is 2.68. The van der Waals surface area contributed by atoms with E-state index in [9.17, 15) is 0 Å². The predicted octanol–water partition coefficient (Wildman–Crippen LogP) is 3.89. The van der Waals surface area contributed by atoms with Gasteiger partial charge in [0, 0.05) is 17.1 Å². The largest absolute Gasteiger partial charge is 0.491 e. The lowest BCUT2D eigenvalue weighted by Gasteiger charge is -2.14. The highest BCUT2D eigenvalue weighted by Gasteiger charge is 2.05. The first-order chi connectivity index (χ1) is 9.49. The van der Waals surface area contributed by atoms with Crippen molar-refractivity contribution in [3.8, 4) is 5.75 Å². The minimum absolute atomic E-state index is 0.232. The number of benzene rings is 1. The molecular weight excluding hydrogens is 274 g/mol. The molecule has 3 nitrogen and oxygen atoms in total. The first-order valence-electron chi connectivity index (χ1n) is 7.22. The first-order valence-corrected chi connectivity index (χ1v) is 7.60. The number of halogens is 1. The van der Waals surface area contributed by atoms with Crippen LogP contribution < -0.4 is 10.1 Å². The van der Waals surface area contributed by atoms with E-state index in [1.807, 2.05) is 32.0 Å². The zero-order valence-electron chi connectivity index (χ0n) is 12.9. The van der Waals surface area contributed by atoms with Gasteiger partial charge in [0.2, 0.25) is 0 Å². The van der Waals surface area contributed by atoms with Crippen LogP contribution in [0.1, 0.15) is 33.3 Å². The lowest BCUT2D eigenvalue weighted by Crippen LogP contribution is -2.20. The van der Waals surface area contributed by atoms with Crippen molar-refractivity contribution in [2.75, 3.05) is 19.8 Å². The van der Waals surface area contributed by atoms with E-state index in [-0.39, 0.29) is 6.10 Å². The number of nitrogens with one attached hydrogen (secondary N) is 1. The molecule has 1 N–H and O–H groups in total. The molecule has 0 atom stereocenters. The van der Waals surface area contributed by atoms with Gasteiger partial charge in [0.25, 0.3) is 0 Å². The quantitative estimate of drug-likeness (QED) is 0.702. The Morgan fingerprint density at radius 3 is 2.55 bits per heavy atom. The summed E-state index contributed by atoms with van der Waals surface area (Å²) in [7, 11) is 0. The number of rotatable bonds is 9. The summed E-state index contributed by atoms with van der Waals surface area (Å²) < 4.78 is 11.2. The smallest absolute Gasteiger partial charge is 0.124 e. The van der Waals surface area contributed by atoms with Crippen LogP contribution in [0, 0.1) is 5.92 Å². The highest BCUT2D eigenvalue weighted by atomic mass is 35.5. The third-order valence-corrected chi connectivity index (χ3v) is 2.92. The van der Waals surface area contributed by atoms with Crippen LogP contribution in [-0.4, -0.2) is 25.9 Å². The SMILES string of the molecule is CC(C)CNCc1cc(Cl)ccc1OCCOC(C)C. The van der Waals surface area contributed by atoms with Crippen molar-refractivity contribution in [1.82, 2.24) is 5.32 Å². The topological polar surface area (TPSA) is 30.5 Å². The number of hydrogen-bond acceptors (Lipinski definition) is 3. The van der Waals surface area contributed by atoms with E-state index in [2.05, 4.69) is 19.2 Å².